The second-order valence-electron chi connectivity index (χ2n) is 9.98. The number of halogens is 1. The van der Waals surface area contributed by atoms with Crippen molar-refractivity contribution < 1.29 is 9.53 Å². The summed E-state index contributed by atoms with van der Waals surface area (Å²) in [6, 6.07) is 14.8. The summed E-state index contributed by atoms with van der Waals surface area (Å²) in [5.41, 5.74) is 5.19. The van der Waals surface area contributed by atoms with Crippen LogP contribution in [-0.2, 0) is 0 Å². The molecule has 206 valence electrons. The quantitative estimate of drug-likeness (QED) is 0.303. The molecule has 0 radical (unpaired) electrons. The van der Waals surface area contributed by atoms with Crippen molar-refractivity contribution in [3.63, 3.8) is 0 Å². The smallest absolute Gasteiger partial charge is 0.266 e. The van der Waals surface area contributed by atoms with Gasteiger partial charge in [0.1, 0.15) is 10.8 Å². The summed E-state index contributed by atoms with van der Waals surface area (Å²) in [4.78, 5) is 35.1. The number of carbonyl (C=O) groups is 1. The molecule has 7 nitrogen and oxygen atoms in total. The van der Waals surface area contributed by atoms with E-state index in [4.69, 9.17) is 21.3 Å². The summed E-state index contributed by atoms with van der Waals surface area (Å²) in [6.45, 7) is 8.49. The molecule has 0 atom stereocenters. The highest BCUT2D eigenvalue weighted by molar-refractivity contribution is 7.13. The van der Waals surface area contributed by atoms with E-state index in [2.05, 4.69) is 5.32 Å². The number of benzene rings is 2. The van der Waals surface area contributed by atoms with Gasteiger partial charge < -0.3 is 15.0 Å². The normalized spacial score (nSPS) is 13.3. The van der Waals surface area contributed by atoms with Crippen LogP contribution in [0.25, 0.3) is 33.6 Å². The lowest BCUT2D eigenvalue weighted by Gasteiger charge is -2.29. The maximum atomic E-state index is 14.4. The van der Waals surface area contributed by atoms with E-state index in [0.717, 1.165) is 35.5 Å². The third kappa shape index (κ3) is 5.61. The molecule has 2 aromatic heterocycles. The molecular weight excluding hydrogens is 544 g/mol. The highest BCUT2D eigenvalue weighted by Crippen LogP contribution is 2.32. The number of piperazine rings is 1. The SMILES string of the molecule is COc1ccc(C)cc1-n1c(C=C(C)C)c(C(=O)N2CCNCC2)cc(-c2nc(-c3ccc(Cl)cc3)cs2)c1=O. The highest BCUT2D eigenvalue weighted by atomic mass is 35.5. The minimum Gasteiger partial charge on any atom is -0.495 e. The number of allylic oxidation sites excluding steroid dienone is 1. The summed E-state index contributed by atoms with van der Waals surface area (Å²) in [5.74, 6) is 0.417. The standard InChI is InChI=1S/C31H31ClN4O3S/c1-19(2)15-26-23(30(37)35-13-11-33-12-14-35)17-24(29-34-25(18-40-29)21-6-8-22(32)9-7-21)31(38)36(26)27-16-20(3)5-10-28(27)39-4/h5-10,15-18,33H,11-14H2,1-4H3. The van der Waals surface area contributed by atoms with Crippen molar-refractivity contribution >= 4 is 34.9 Å². The van der Waals surface area contributed by atoms with Gasteiger partial charge in [0.25, 0.3) is 11.5 Å². The van der Waals surface area contributed by atoms with E-state index >= 15 is 0 Å². The number of carbonyl (C=O) groups excluding carboxylic acids is 1. The molecule has 0 saturated carbocycles. The summed E-state index contributed by atoms with van der Waals surface area (Å²) in [6.07, 6.45) is 1.89. The number of pyridine rings is 1. The van der Waals surface area contributed by atoms with Crippen molar-refractivity contribution in [2.24, 2.45) is 0 Å². The zero-order valence-corrected chi connectivity index (χ0v) is 24.5. The number of amides is 1. The van der Waals surface area contributed by atoms with Crippen molar-refractivity contribution in [1.29, 1.82) is 0 Å². The van der Waals surface area contributed by atoms with Gasteiger partial charge in [0.05, 0.1) is 35.3 Å². The molecule has 1 N–H and O–H groups in total. The Hall–Kier alpha value is -3.72. The Balaban J connectivity index is 1.79. The second-order valence-corrected chi connectivity index (χ2v) is 11.3. The minimum atomic E-state index is -0.273. The molecule has 1 amide bonds. The summed E-state index contributed by atoms with van der Waals surface area (Å²) < 4.78 is 7.30. The van der Waals surface area contributed by atoms with E-state index in [1.165, 1.54) is 11.3 Å². The number of hydrogen-bond acceptors (Lipinski definition) is 6. The van der Waals surface area contributed by atoms with Crippen LogP contribution in [-0.4, -0.2) is 53.6 Å². The molecule has 0 aliphatic carbocycles. The van der Waals surface area contributed by atoms with Gasteiger partial charge in [-0.15, -0.1) is 11.3 Å². The first kappa shape index (κ1) is 27.8. The van der Waals surface area contributed by atoms with Gasteiger partial charge in [0.15, 0.2) is 0 Å². The van der Waals surface area contributed by atoms with Gasteiger partial charge in [-0.1, -0.05) is 35.4 Å². The minimum absolute atomic E-state index is 0.120. The van der Waals surface area contributed by atoms with E-state index in [1.807, 2.05) is 79.6 Å². The summed E-state index contributed by atoms with van der Waals surface area (Å²) in [7, 11) is 1.58. The zero-order valence-electron chi connectivity index (χ0n) is 23.0. The van der Waals surface area contributed by atoms with Crippen molar-refractivity contribution in [2.75, 3.05) is 33.3 Å². The molecular formula is C31H31ClN4O3S. The molecule has 3 heterocycles. The number of thiazole rings is 1. The van der Waals surface area contributed by atoms with Crippen LogP contribution in [0.2, 0.25) is 5.02 Å². The van der Waals surface area contributed by atoms with Crippen molar-refractivity contribution in [3.8, 4) is 33.3 Å². The Morgan fingerprint density at radius 3 is 2.50 bits per heavy atom. The van der Waals surface area contributed by atoms with Gasteiger partial charge in [0, 0.05) is 42.1 Å². The van der Waals surface area contributed by atoms with Gasteiger partial charge >= 0.3 is 0 Å². The fourth-order valence-electron chi connectivity index (χ4n) is 4.77. The predicted octanol–water partition coefficient (Wildman–Crippen LogP) is 6.07. The van der Waals surface area contributed by atoms with Crippen molar-refractivity contribution in [3.05, 3.63) is 91.7 Å². The number of aromatic nitrogens is 2. The van der Waals surface area contributed by atoms with Crippen molar-refractivity contribution in [1.82, 2.24) is 19.8 Å². The zero-order chi connectivity index (χ0) is 28.4. The molecule has 5 rings (SSSR count). The summed E-state index contributed by atoms with van der Waals surface area (Å²) >= 11 is 7.45. The molecule has 1 aliphatic rings. The van der Waals surface area contributed by atoms with E-state index in [1.54, 1.807) is 17.7 Å². The van der Waals surface area contributed by atoms with Crippen LogP contribution in [0.4, 0.5) is 0 Å². The maximum absolute atomic E-state index is 14.4. The number of nitrogens with zero attached hydrogens (tertiary/aromatic N) is 3. The van der Waals surface area contributed by atoms with Crippen LogP contribution in [0, 0.1) is 6.92 Å². The van der Waals surface area contributed by atoms with E-state index < -0.39 is 0 Å². The molecule has 40 heavy (non-hydrogen) atoms. The third-order valence-electron chi connectivity index (χ3n) is 6.75. The fraction of sp³-hybridized carbons (Fsp3) is 0.258. The van der Waals surface area contributed by atoms with E-state index in [9.17, 15) is 9.59 Å². The van der Waals surface area contributed by atoms with Gasteiger partial charge in [0.2, 0.25) is 0 Å². The average Bonchev–Trinajstić information content (AvgIpc) is 3.43. The molecule has 0 spiro atoms. The first-order valence-electron chi connectivity index (χ1n) is 13.1. The number of hydrogen-bond donors (Lipinski definition) is 1. The van der Waals surface area contributed by atoms with Crippen LogP contribution in [0.5, 0.6) is 5.75 Å². The number of aryl methyl sites for hydroxylation is 1. The molecule has 1 fully saturated rings. The lowest BCUT2D eigenvalue weighted by atomic mass is 10.0. The van der Waals surface area contributed by atoms with Crippen LogP contribution in [0.3, 0.4) is 0 Å². The molecule has 2 aromatic carbocycles. The number of nitrogens with one attached hydrogen (secondary N) is 1. The Labute approximate surface area is 242 Å². The molecule has 1 aliphatic heterocycles. The Morgan fingerprint density at radius 2 is 1.82 bits per heavy atom. The lowest BCUT2D eigenvalue weighted by Crippen LogP contribution is -2.47. The Morgan fingerprint density at radius 1 is 1.10 bits per heavy atom. The fourth-order valence-corrected chi connectivity index (χ4v) is 5.74. The topological polar surface area (TPSA) is 76.5 Å². The number of methoxy groups -OCH3 is 1. The van der Waals surface area contributed by atoms with Gasteiger partial charge in [-0.3, -0.25) is 14.2 Å². The van der Waals surface area contributed by atoms with Crippen LogP contribution in [0.1, 0.15) is 35.5 Å². The molecule has 0 bridgehead atoms. The van der Waals surface area contributed by atoms with Gasteiger partial charge in [-0.25, -0.2) is 4.98 Å². The molecule has 0 unspecified atom stereocenters. The van der Waals surface area contributed by atoms with E-state index in [-0.39, 0.29) is 11.5 Å². The lowest BCUT2D eigenvalue weighted by molar-refractivity contribution is 0.0735. The Kier molecular flexibility index (Phi) is 8.21. The molecule has 9 heteroatoms. The molecule has 4 aromatic rings. The van der Waals surface area contributed by atoms with Gasteiger partial charge in [-0.2, -0.15) is 0 Å². The van der Waals surface area contributed by atoms with Crippen molar-refractivity contribution in [2.45, 2.75) is 20.8 Å². The first-order chi connectivity index (χ1) is 19.3. The number of ether oxygens (including phenoxy) is 1. The van der Waals surface area contributed by atoms with Crippen LogP contribution in [0.15, 0.2) is 64.3 Å². The monoisotopic (exact) mass is 574 g/mol. The van der Waals surface area contributed by atoms with E-state index in [0.29, 0.717) is 51.4 Å². The largest absolute Gasteiger partial charge is 0.495 e. The van der Waals surface area contributed by atoms with Gasteiger partial charge in [-0.05, 0) is 62.7 Å². The average molecular weight is 575 g/mol. The first-order valence-corrected chi connectivity index (χ1v) is 14.3. The van der Waals surface area contributed by atoms with Crippen LogP contribution < -0.4 is 15.6 Å². The predicted molar refractivity (Wildman–Crippen MR) is 163 cm³/mol. The second kappa shape index (κ2) is 11.8. The number of rotatable bonds is 6. The highest BCUT2D eigenvalue weighted by Gasteiger charge is 2.27. The Bertz CT molecular complexity index is 1650. The maximum Gasteiger partial charge on any atom is 0.266 e. The third-order valence-corrected chi connectivity index (χ3v) is 7.88. The summed E-state index contributed by atoms with van der Waals surface area (Å²) in [5, 5.41) is 6.39. The van der Waals surface area contributed by atoms with Crippen LogP contribution >= 0.6 is 22.9 Å². The molecule has 1 saturated heterocycles.